The summed E-state index contributed by atoms with van der Waals surface area (Å²) in [6.45, 7) is 0. The van der Waals surface area contributed by atoms with Gasteiger partial charge in [-0.15, -0.1) is 0 Å². The third-order valence-corrected chi connectivity index (χ3v) is 4.78. The lowest BCUT2D eigenvalue weighted by molar-refractivity contribution is -0.374. The van der Waals surface area contributed by atoms with E-state index in [-0.39, 0.29) is 29.2 Å². The van der Waals surface area contributed by atoms with E-state index in [1.165, 1.54) is 0 Å². The molecular formula is C10H10BrF3O. The summed E-state index contributed by atoms with van der Waals surface area (Å²) in [5, 5.41) is -0.151. The van der Waals surface area contributed by atoms with Gasteiger partial charge in [0.25, 0.3) is 0 Å². The SMILES string of the molecule is FC(F)(F)C1(CBr)O[C@@H]2[C@H]1[C@H]1C=C[C@@H]2C1. The third kappa shape index (κ3) is 1.04. The van der Waals surface area contributed by atoms with Crippen LogP contribution >= 0.6 is 15.9 Å². The first-order valence-electron chi connectivity index (χ1n) is 4.98. The van der Waals surface area contributed by atoms with Crippen molar-refractivity contribution in [1.29, 1.82) is 0 Å². The number of hydrogen-bond acceptors (Lipinski definition) is 1. The molecule has 3 rings (SSSR count). The molecular weight excluding hydrogens is 273 g/mol. The molecule has 1 nitrogen and oxygen atoms in total. The Bertz CT molecular complexity index is 327. The summed E-state index contributed by atoms with van der Waals surface area (Å²) in [5.74, 6) is -0.0886. The molecule has 0 N–H and O–H groups in total. The smallest absolute Gasteiger partial charge is 0.360 e. The van der Waals surface area contributed by atoms with Gasteiger partial charge >= 0.3 is 6.18 Å². The fourth-order valence-electron chi connectivity index (χ4n) is 3.25. The third-order valence-electron chi connectivity index (χ3n) is 3.95. The summed E-state index contributed by atoms with van der Waals surface area (Å²) in [6.07, 6.45) is 0.299. The lowest BCUT2D eigenvalue weighted by atomic mass is 9.72. The minimum absolute atomic E-state index is 0.0629. The Morgan fingerprint density at radius 1 is 1.33 bits per heavy atom. The highest BCUT2D eigenvalue weighted by Crippen LogP contribution is 2.63. The van der Waals surface area contributed by atoms with Gasteiger partial charge in [0.1, 0.15) is 0 Å². The Hall–Kier alpha value is -0.0300. The predicted octanol–water partition coefficient (Wildman–Crippen LogP) is 2.90. The van der Waals surface area contributed by atoms with E-state index in [0.717, 1.165) is 6.42 Å². The van der Waals surface area contributed by atoms with Crippen LogP contribution in [-0.2, 0) is 4.74 Å². The molecule has 15 heavy (non-hydrogen) atoms. The highest BCUT2D eigenvalue weighted by Gasteiger charge is 2.74. The Kier molecular flexibility index (Phi) is 1.89. The van der Waals surface area contributed by atoms with Crippen LogP contribution in [0, 0.1) is 17.8 Å². The van der Waals surface area contributed by atoms with Crippen molar-refractivity contribution in [3.05, 3.63) is 12.2 Å². The molecule has 0 spiro atoms. The molecule has 3 aliphatic rings. The molecule has 0 aromatic heterocycles. The van der Waals surface area contributed by atoms with Crippen LogP contribution < -0.4 is 0 Å². The van der Waals surface area contributed by atoms with Crippen LogP contribution in [0.5, 0.6) is 0 Å². The van der Waals surface area contributed by atoms with E-state index in [0.29, 0.717) is 0 Å². The number of ether oxygens (including phenoxy) is 1. The van der Waals surface area contributed by atoms with Gasteiger partial charge in [-0.25, -0.2) is 0 Å². The Balaban J connectivity index is 1.94. The quantitative estimate of drug-likeness (QED) is 0.531. The largest absolute Gasteiger partial charge is 0.418 e. The molecule has 1 heterocycles. The normalized spacial score (nSPS) is 51.7. The molecule has 5 atom stereocenters. The first-order valence-corrected chi connectivity index (χ1v) is 6.10. The summed E-state index contributed by atoms with van der Waals surface area (Å²) in [7, 11) is 0. The van der Waals surface area contributed by atoms with E-state index in [1.807, 2.05) is 12.2 Å². The average Bonchev–Trinajstić information content (AvgIpc) is 2.59. The van der Waals surface area contributed by atoms with Crippen molar-refractivity contribution in [2.24, 2.45) is 17.8 Å². The average molecular weight is 283 g/mol. The molecule has 2 fully saturated rings. The molecule has 1 aliphatic heterocycles. The van der Waals surface area contributed by atoms with Crippen molar-refractivity contribution in [3.63, 3.8) is 0 Å². The number of allylic oxidation sites excluding steroid dienone is 1. The van der Waals surface area contributed by atoms with E-state index in [4.69, 9.17) is 4.74 Å². The zero-order chi connectivity index (χ0) is 10.8. The van der Waals surface area contributed by atoms with Crippen molar-refractivity contribution in [3.8, 4) is 0 Å². The van der Waals surface area contributed by atoms with E-state index in [2.05, 4.69) is 15.9 Å². The lowest BCUT2D eigenvalue weighted by Gasteiger charge is -2.55. The van der Waals surface area contributed by atoms with Crippen LogP contribution in [0.15, 0.2) is 12.2 Å². The maximum atomic E-state index is 12.9. The molecule has 0 radical (unpaired) electrons. The molecule has 2 aliphatic carbocycles. The lowest BCUT2D eigenvalue weighted by Crippen LogP contribution is -2.69. The fourth-order valence-corrected chi connectivity index (χ4v) is 4.07. The number of halogens is 4. The zero-order valence-corrected chi connectivity index (χ0v) is 9.38. The highest BCUT2D eigenvalue weighted by atomic mass is 79.9. The van der Waals surface area contributed by atoms with Crippen molar-refractivity contribution in [2.75, 3.05) is 5.33 Å². The predicted molar refractivity (Wildman–Crippen MR) is 51.7 cm³/mol. The van der Waals surface area contributed by atoms with Gasteiger partial charge in [-0.2, -0.15) is 13.2 Å². The van der Waals surface area contributed by atoms with E-state index in [1.54, 1.807) is 0 Å². The minimum atomic E-state index is -4.27. The maximum Gasteiger partial charge on any atom is 0.418 e. The fraction of sp³-hybridized carbons (Fsp3) is 0.800. The first kappa shape index (κ1) is 10.1. The molecule has 1 saturated heterocycles. The number of alkyl halides is 4. The summed E-state index contributed by atoms with van der Waals surface area (Å²) in [5.41, 5.74) is -1.93. The van der Waals surface area contributed by atoms with Crippen LogP contribution in [0.25, 0.3) is 0 Å². The van der Waals surface area contributed by atoms with Crippen molar-refractivity contribution in [1.82, 2.24) is 0 Å². The van der Waals surface area contributed by atoms with Crippen molar-refractivity contribution >= 4 is 15.9 Å². The van der Waals surface area contributed by atoms with Gasteiger partial charge in [0.15, 0.2) is 5.60 Å². The summed E-state index contributed by atoms with van der Waals surface area (Å²) >= 11 is 2.96. The van der Waals surface area contributed by atoms with Crippen LogP contribution in [0.1, 0.15) is 6.42 Å². The van der Waals surface area contributed by atoms with Gasteiger partial charge in [0.05, 0.1) is 6.10 Å². The first-order chi connectivity index (χ1) is 6.99. The van der Waals surface area contributed by atoms with Gasteiger partial charge in [-0.3, -0.25) is 0 Å². The van der Waals surface area contributed by atoms with Crippen molar-refractivity contribution < 1.29 is 17.9 Å². The van der Waals surface area contributed by atoms with E-state index in [9.17, 15) is 13.2 Å². The molecule has 1 unspecified atom stereocenters. The monoisotopic (exact) mass is 282 g/mol. The molecule has 84 valence electrons. The minimum Gasteiger partial charge on any atom is -0.360 e. The van der Waals surface area contributed by atoms with Crippen LogP contribution in [0.3, 0.4) is 0 Å². The second-order valence-corrected chi connectivity index (χ2v) is 5.14. The van der Waals surface area contributed by atoms with E-state index >= 15 is 0 Å². The number of hydrogen-bond donors (Lipinski definition) is 0. The second kappa shape index (κ2) is 2.80. The molecule has 0 aromatic rings. The standard InChI is InChI=1S/C10H10BrF3O/c11-4-9(10(12,13)14)7-5-1-2-6(3-5)8(7)15-9/h1-2,5-8H,3-4H2/t5-,6+,7+,8-,9?/m0/s1. The van der Waals surface area contributed by atoms with Crippen LogP contribution in [-0.4, -0.2) is 23.2 Å². The summed E-state index contributed by atoms with van der Waals surface area (Å²) in [4.78, 5) is 0. The summed E-state index contributed by atoms with van der Waals surface area (Å²) < 4.78 is 44.0. The van der Waals surface area contributed by atoms with Crippen LogP contribution in [0.2, 0.25) is 0 Å². The van der Waals surface area contributed by atoms with Gasteiger partial charge in [0, 0.05) is 17.2 Å². The Morgan fingerprint density at radius 3 is 2.53 bits per heavy atom. The van der Waals surface area contributed by atoms with Crippen LogP contribution in [0.4, 0.5) is 13.2 Å². The number of fused-ring (bicyclic) bond motifs is 5. The Morgan fingerprint density at radius 2 is 2.00 bits per heavy atom. The van der Waals surface area contributed by atoms with Gasteiger partial charge in [-0.05, 0) is 12.3 Å². The molecule has 2 bridgehead atoms. The molecule has 0 amide bonds. The second-order valence-electron chi connectivity index (χ2n) is 4.58. The zero-order valence-electron chi connectivity index (χ0n) is 7.80. The molecule has 1 saturated carbocycles. The van der Waals surface area contributed by atoms with E-state index < -0.39 is 11.8 Å². The number of rotatable bonds is 1. The van der Waals surface area contributed by atoms with Crippen molar-refractivity contribution in [2.45, 2.75) is 24.3 Å². The van der Waals surface area contributed by atoms with Gasteiger partial charge in [0.2, 0.25) is 0 Å². The maximum absolute atomic E-state index is 12.9. The summed E-state index contributed by atoms with van der Waals surface area (Å²) in [6, 6.07) is 0. The Labute approximate surface area is 93.8 Å². The highest BCUT2D eigenvalue weighted by molar-refractivity contribution is 9.09. The topological polar surface area (TPSA) is 9.23 Å². The van der Waals surface area contributed by atoms with Gasteiger partial charge < -0.3 is 4.74 Å². The molecule has 0 aromatic carbocycles. The molecule has 5 heteroatoms. The van der Waals surface area contributed by atoms with Gasteiger partial charge in [-0.1, -0.05) is 28.1 Å².